The van der Waals surface area contributed by atoms with Crippen molar-refractivity contribution >= 4 is 34.8 Å². The number of nitrogens with zero attached hydrogens (tertiary/aromatic N) is 5. The second-order valence-electron chi connectivity index (χ2n) is 4.18. The van der Waals surface area contributed by atoms with Crippen molar-refractivity contribution in [3.05, 3.63) is 35.5 Å². The van der Waals surface area contributed by atoms with Crippen LogP contribution in [0.2, 0.25) is 5.28 Å². The van der Waals surface area contributed by atoms with Gasteiger partial charge in [-0.15, -0.1) is 0 Å². The third-order valence-corrected chi connectivity index (χ3v) is 2.70. The first-order valence-corrected chi connectivity index (χ1v) is 6.40. The molecule has 0 unspecified atom stereocenters. The molecule has 0 aliphatic carbocycles. The summed E-state index contributed by atoms with van der Waals surface area (Å²) in [6, 6.07) is 0. The molecule has 2 aromatic heterocycles. The molecule has 0 radical (unpaired) electrons. The van der Waals surface area contributed by atoms with Crippen LogP contribution in [0.3, 0.4) is 0 Å². The molecule has 0 aliphatic heterocycles. The average molecular weight is 291 g/mol. The Kier molecular flexibility index (Phi) is 4.47. The number of H-pyrrole nitrogens is 1. The van der Waals surface area contributed by atoms with E-state index in [1.165, 1.54) is 6.33 Å². The highest BCUT2D eigenvalue weighted by Crippen LogP contribution is 2.20. The van der Waals surface area contributed by atoms with Crippen LogP contribution >= 0.6 is 11.6 Å². The molecule has 7 heteroatoms. The maximum atomic E-state index is 5.84. The summed E-state index contributed by atoms with van der Waals surface area (Å²) < 4.78 is 0. The maximum Gasteiger partial charge on any atom is 0.226 e. The lowest BCUT2D eigenvalue weighted by Gasteiger charge is -2.12. The van der Waals surface area contributed by atoms with E-state index in [0.29, 0.717) is 17.0 Å². The highest BCUT2D eigenvalue weighted by atomic mass is 35.5. The van der Waals surface area contributed by atoms with Crippen LogP contribution in [-0.4, -0.2) is 45.1 Å². The molecule has 0 aromatic carbocycles. The Morgan fingerprint density at radius 1 is 1.40 bits per heavy atom. The fourth-order valence-corrected chi connectivity index (χ4v) is 1.75. The van der Waals surface area contributed by atoms with Crippen LogP contribution < -0.4 is 0 Å². The molecule has 0 fully saturated rings. The molecule has 0 spiro atoms. The molecule has 0 atom stereocenters. The quantitative estimate of drug-likeness (QED) is 0.534. The van der Waals surface area contributed by atoms with Gasteiger partial charge in [0.25, 0.3) is 0 Å². The van der Waals surface area contributed by atoms with Gasteiger partial charge in [-0.05, 0) is 30.7 Å². The number of allylic oxidation sites excluding steroid dienone is 3. The zero-order chi connectivity index (χ0) is 14.5. The summed E-state index contributed by atoms with van der Waals surface area (Å²) in [5.74, 6) is 0.465. The van der Waals surface area contributed by atoms with E-state index < -0.39 is 0 Å². The van der Waals surface area contributed by atoms with Gasteiger partial charge in [-0.1, -0.05) is 6.08 Å². The number of imidazole rings is 1. The first-order valence-electron chi connectivity index (χ1n) is 6.03. The van der Waals surface area contributed by atoms with Gasteiger partial charge >= 0.3 is 0 Å². The minimum Gasteiger partial charge on any atom is -0.378 e. The van der Waals surface area contributed by atoms with Crippen molar-refractivity contribution in [2.45, 2.75) is 6.92 Å². The Morgan fingerprint density at radius 3 is 2.90 bits per heavy atom. The number of aromatic nitrogens is 4. The second-order valence-corrected chi connectivity index (χ2v) is 4.52. The van der Waals surface area contributed by atoms with Crippen molar-refractivity contribution in [3.8, 4) is 0 Å². The maximum absolute atomic E-state index is 5.84. The molecule has 2 aromatic rings. The largest absolute Gasteiger partial charge is 0.378 e. The Morgan fingerprint density at radius 2 is 2.20 bits per heavy atom. The monoisotopic (exact) mass is 290 g/mol. The average Bonchev–Trinajstić information content (AvgIpc) is 2.85. The van der Waals surface area contributed by atoms with Gasteiger partial charge in [-0.2, -0.15) is 9.97 Å². The van der Waals surface area contributed by atoms with Crippen molar-refractivity contribution in [1.82, 2.24) is 24.8 Å². The van der Waals surface area contributed by atoms with Crippen LogP contribution in [0.5, 0.6) is 0 Å². The fraction of sp³-hybridized carbons (Fsp3) is 0.231. The number of nitrogens with one attached hydrogen (secondary N) is 1. The third-order valence-electron chi connectivity index (χ3n) is 2.54. The van der Waals surface area contributed by atoms with E-state index in [-0.39, 0.29) is 5.28 Å². The zero-order valence-corrected chi connectivity index (χ0v) is 12.3. The topological polar surface area (TPSA) is 70.1 Å². The van der Waals surface area contributed by atoms with Gasteiger partial charge < -0.3 is 9.88 Å². The van der Waals surface area contributed by atoms with Gasteiger partial charge in [0.05, 0.1) is 6.33 Å². The van der Waals surface area contributed by atoms with Crippen LogP contribution in [0.4, 0.5) is 5.82 Å². The van der Waals surface area contributed by atoms with Crippen LogP contribution in [0.1, 0.15) is 6.92 Å². The SMILES string of the molecule is C/C=C\C(=C/C=Nc1nc(Cl)nc2nc[nH]c12)N(C)C. The Bertz CT molecular complexity index is 683. The van der Waals surface area contributed by atoms with Crippen LogP contribution in [0.25, 0.3) is 11.2 Å². The normalized spacial score (nSPS) is 12.9. The molecular formula is C13H15ClN6. The van der Waals surface area contributed by atoms with Gasteiger partial charge in [0.15, 0.2) is 11.5 Å². The number of aromatic amines is 1. The van der Waals surface area contributed by atoms with E-state index in [1.807, 2.05) is 44.1 Å². The number of aliphatic imine (C=N–C) groups is 1. The summed E-state index contributed by atoms with van der Waals surface area (Å²) in [6.45, 7) is 1.97. The summed E-state index contributed by atoms with van der Waals surface area (Å²) >= 11 is 5.84. The van der Waals surface area contributed by atoms with E-state index >= 15 is 0 Å². The lowest BCUT2D eigenvalue weighted by Crippen LogP contribution is -2.09. The molecule has 6 nitrogen and oxygen atoms in total. The predicted molar refractivity (Wildman–Crippen MR) is 81.4 cm³/mol. The molecule has 2 heterocycles. The summed E-state index contributed by atoms with van der Waals surface area (Å²) in [5.41, 5.74) is 2.19. The Labute approximate surface area is 121 Å². The molecule has 1 N–H and O–H groups in total. The molecule has 0 aliphatic rings. The lowest BCUT2D eigenvalue weighted by atomic mass is 10.3. The number of hydrogen-bond donors (Lipinski definition) is 1. The smallest absolute Gasteiger partial charge is 0.226 e. The Hall–Kier alpha value is -2.21. The third kappa shape index (κ3) is 3.21. The summed E-state index contributed by atoms with van der Waals surface area (Å²) in [5, 5.41) is 0.127. The first-order chi connectivity index (χ1) is 9.61. The summed E-state index contributed by atoms with van der Waals surface area (Å²) in [7, 11) is 3.93. The van der Waals surface area contributed by atoms with E-state index in [1.54, 1.807) is 6.21 Å². The summed E-state index contributed by atoms with van der Waals surface area (Å²) in [6.07, 6.45) is 9.06. The molecule has 0 saturated carbocycles. The number of likely N-dealkylation sites (N-methyl/N-ethyl adjacent to an activating group) is 1. The van der Waals surface area contributed by atoms with Crippen molar-refractivity contribution in [1.29, 1.82) is 0 Å². The lowest BCUT2D eigenvalue weighted by molar-refractivity contribution is 0.531. The van der Waals surface area contributed by atoms with Crippen molar-refractivity contribution in [2.24, 2.45) is 4.99 Å². The molecular weight excluding hydrogens is 276 g/mol. The van der Waals surface area contributed by atoms with E-state index in [0.717, 1.165) is 5.70 Å². The summed E-state index contributed by atoms with van der Waals surface area (Å²) in [4.78, 5) is 21.4. The van der Waals surface area contributed by atoms with Gasteiger partial charge in [0, 0.05) is 26.0 Å². The molecule has 0 amide bonds. The fourth-order valence-electron chi connectivity index (χ4n) is 1.59. The van der Waals surface area contributed by atoms with Crippen molar-refractivity contribution in [3.63, 3.8) is 0 Å². The predicted octanol–water partition coefficient (Wildman–Crippen LogP) is 2.73. The van der Waals surface area contributed by atoms with E-state index in [4.69, 9.17) is 11.6 Å². The van der Waals surface area contributed by atoms with Crippen molar-refractivity contribution in [2.75, 3.05) is 14.1 Å². The second kappa shape index (κ2) is 6.29. The number of halogens is 1. The van der Waals surface area contributed by atoms with E-state index in [2.05, 4.69) is 24.9 Å². The van der Waals surface area contributed by atoms with Gasteiger partial charge in [0.1, 0.15) is 5.52 Å². The molecule has 104 valence electrons. The zero-order valence-electron chi connectivity index (χ0n) is 11.5. The molecule has 20 heavy (non-hydrogen) atoms. The van der Waals surface area contributed by atoms with E-state index in [9.17, 15) is 0 Å². The highest BCUT2D eigenvalue weighted by molar-refractivity contribution is 6.28. The van der Waals surface area contributed by atoms with Gasteiger partial charge in [-0.3, -0.25) is 0 Å². The Balaban J connectivity index is 2.34. The minimum absolute atomic E-state index is 0.127. The van der Waals surface area contributed by atoms with Crippen molar-refractivity contribution < 1.29 is 0 Å². The van der Waals surface area contributed by atoms with Gasteiger partial charge in [0.2, 0.25) is 5.28 Å². The number of hydrogen-bond acceptors (Lipinski definition) is 5. The van der Waals surface area contributed by atoms with Gasteiger partial charge in [-0.25, -0.2) is 9.98 Å². The number of fused-ring (bicyclic) bond motifs is 1. The van der Waals surface area contributed by atoms with Crippen LogP contribution in [-0.2, 0) is 0 Å². The minimum atomic E-state index is 0.127. The van der Waals surface area contributed by atoms with Crippen LogP contribution in [0, 0.1) is 0 Å². The number of rotatable bonds is 4. The molecule has 2 rings (SSSR count). The first kappa shape index (κ1) is 14.2. The highest BCUT2D eigenvalue weighted by Gasteiger charge is 2.06. The standard InChI is InChI=1S/C13H15ClN6/c1-4-5-9(20(2)3)6-7-15-11-10-12(17-8-16-10)19-13(14)18-11/h4-8H,1-3H3,(H,16,17,18,19)/b5-4-,9-6+,15-7?. The molecule has 0 bridgehead atoms. The molecule has 0 saturated heterocycles. The van der Waals surface area contributed by atoms with Crippen LogP contribution in [0.15, 0.2) is 35.2 Å².